The first-order valence-corrected chi connectivity index (χ1v) is 4.91. The van der Waals surface area contributed by atoms with Crippen molar-refractivity contribution >= 4 is 11.5 Å². The first-order chi connectivity index (χ1) is 6.97. The molecule has 0 radical (unpaired) electrons. The monoisotopic (exact) mass is 212 g/mol. The van der Waals surface area contributed by atoms with E-state index in [1.165, 1.54) is 4.68 Å². The van der Waals surface area contributed by atoms with Gasteiger partial charge < -0.3 is 5.32 Å². The minimum Gasteiger partial charge on any atom is -0.362 e. The van der Waals surface area contributed by atoms with E-state index >= 15 is 0 Å². The molecule has 0 spiro atoms. The predicted molar refractivity (Wildman–Crippen MR) is 58.0 cm³/mol. The Morgan fingerprint density at radius 1 is 1.67 bits per heavy atom. The number of rotatable bonds is 4. The molecule has 0 bridgehead atoms. The van der Waals surface area contributed by atoms with Crippen molar-refractivity contribution in [1.29, 1.82) is 0 Å². The molecule has 0 amide bonds. The van der Waals surface area contributed by atoms with Crippen molar-refractivity contribution in [2.45, 2.75) is 33.2 Å². The van der Waals surface area contributed by atoms with Crippen LogP contribution in [0.1, 0.15) is 26.0 Å². The Bertz CT molecular complexity index is 372. The van der Waals surface area contributed by atoms with Crippen LogP contribution in [-0.2, 0) is 7.05 Å². The van der Waals surface area contributed by atoms with E-state index in [0.717, 1.165) is 6.42 Å². The van der Waals surface area contributed by atoms with Crippen LogP contribution in [0.3, 0.4) is 0 Å². The topological polar surface area (TPSA) is 73.0 Å². The number of nitro groups is 1. The molecular formula is C9H16N4O2. The third kappa shape index (κ3) is 2.26. The number of hydrogen-bond acceptors (Lipinski definition) is 4. The molecule has 1 aromatic heterocycles. The fourth-order valence-corrected chi connectivity index (χ4v) is 1.36. The lowest BCUT2D eigenvalue weighted by molar-refractivity contribution is -0.384. The van der Waals surface area contributed by atoms with E-state index in [2.05, 4.69) is 10.4 Å². The second-order valence-electron chi connectivity index (χ2n) is 3.62. The zero-order valence-corrected chi connectivity index (χ0v) is 9.44. The van der Waals surface area contributed by atoms with Gasteiger partial charge in [0.1, 0.15) is 5.69 Å². The van der Waals surface area contributed by atoms with Crippen LogP contribution in [0.25, 0.3) is 0 Å². The molecule has 0 aliphatic rings. The number of aromatic nitrogens is 2. The summed E-state index contributed by atoms with van der Waals surface area (Å²) in [5, 5.41) is 18.0. The summed E-state index contributed by atoms with van der Waals surface area (Å²) in [4.78, 5) is 10.4. The van der Waals surface area contributed by atoms with Gasteiger partial charge in [0.25, 0.3) is 0 Å². The lowest BCUT2D eigenvalue weighted by Gasteiger charge is -2.11. The molecule has 0 aliphatic carbocycles. The lowest BCUT2D eigenvalue weighted by Crippen LogP contribution is -2.16. The lowest BCUT2D eigenvalue weighted by atomic mass is 10.2. The molecule has 0 aliphatic heterocycles. The summed E-state index contributed by atoms with van der Waals surface area (Å²) in [5.74, 6) is 0.479. The highest BCUT2D eigenvalue weighted by Crippen LogP contribution is 2.27. The van der Waals surface area contributed by atoms with Gasteiger partial charge in [0.05, 0.1) is 4.92 Å². The van der Waals surface area contributed by atoms with E-state index in [1.807, 2.05) is 13.8 Å². The van der Waals surface area contributed by atoms with E-state index in [0.29, 0.717) is 11.5 Å². The molecule has 84 valence electrons. The quantitative estimate of drug-likeness (QED) is 0.610. The second kappa shape index (κ2) is 4.29. The Hall–Kier alpha value is -1.59. The van der Waals surface area contributed by atoms with Crippen LogP contribution in [-0.4, -0.2) is 20.7 Å². The number of nitrogens with zero attached hydrogens (tertiary/aromatic N) is 3. The second-order valence-corrected chi connectivity index (χ2v) is 3.62. The van der Waals surface area contributed by atoms with Crippen molar-refractivity contribution in [2.75, 3.05) is 5.32 Å². The van der Waals surface area contributed by atoms with Crippen LogP contribution >= 0.6 is 0 Å². The number of aryl methyl sites for hydroxylation is 2. The van der Waals surface area contributed by atoms with Crippen molar-refractivity contribution < 1.29 is 4.92 Å². The minimum atomic E-state index is -0.396. The average molecular weight is 212 g/mol. The van der Waals surface area contributed by atoms with Gasteiger partial charge >= 0.3 is 5.69 Å². The fourth-order valence-electron chi connectivity index (χ4n) is 1.36. The van der Waals surface area contributed by atoms with Crippen LogP contribution in [0.15, 0.2) is 0 Å². The van der Waals surface area contributed by atoms with Crippen molar-refractivity contribution in [3.8, 4) is 0 Å². The van der Waals surface area contributed by atoms with Gasteiger partial charge in [-0.15, -0.1) is 0 Å². The van der Waals surface area contributed by atoms with Crippen LogP contribution in [0, 0.1) is 17.0 Å². The Morgan fingerprint density at radius 2 is 2.27 bits per heavy atom. The predicted octanol–water partition coefficient (Wildman–Crippen LogP) is 1.85. The summed E-state index contributed by atoms with van der Waals surface area (Å²) in [6, 6.07) is 0.193. The molecule has 1 N–H and O–H groups in total. The molecule has 6 nitrogen and oxygen atoms in total. The highest BCUT2D eigenvalue weighted by molar-refractivity contribution is 5.59. The summed E-state index contributed by atoms with van der Waals surface area (Å²) in [6.07, 6.45) is 0.904. The normalized spacial score (nSPS) is 12.5. The largest absolute Gasteiger partial charge is 0.362 e. The maximum absolute atomic E-state index is 10.8. The third-order valence-corrected chi connectivity index (χ3v) is 2.37. The van der Waals surface area contributed by atoms with E-state index in [-0.39, 0.29) is 11.7 Å². The van der Waals surface area contributed by atoms with Crippen molar-refractivity contribution in [3.05, 3.63) is 15.8 Å². The molecule has 1 atom stereocenters. The highest BCUT2D eigenvalue weighted by atomic mass is 16.6. The Balaban J connectivity index is 3.09. The van der Waals surface area contributed by atoms with Crippen LogP contribution < -0.4 is 5.32 Å². The van der Waals surface area contributed by atoms with Crippen LogP contribution in [0.2, 0.25) is 0 Å². The standard InChI is InChI=1S/C9H16N4O2/c1-5-6(2)10-9-8(13(14)15)7(3)11-12(9)4/h6,10H,5H2,1-4H3. The molecule has 0 fully saturated rings. The van der Waals surface area contributed by atoms with Crippen LogP contribution in [0.4, 0.5) is 11.5 Å². The first-order valence-electron chi connectivity index (χ1n) is 4.91. The SMILES string of the molecule is CCC(C)Nc1c([N+](=O)[O-])c(C)nn1C. The summed E-state index contributed by atoms with van der Waals surface area (Å²) >= 11 is 0. The van der Waals surface area contributed by atoms with Gasteiger partial charge in [0.15, 0.2) is 0 Å². The van der Waals surface area contributed by atoms with Gasteiger partial charge in [-0.3, -0.25) is 10.1 Å². The fraction of sp³-hybridized carbons (Fsp3) is 0.667. The Morgan fingerprint density at radius 3 is 2.73 bits per heavy atom. The molecule has 1 rings (SSSR count). The molecule has 15 heavy (non-hydrogen) atoms. The molecule has 1 heterocycles. The summed E-state index contributed by atoms with van der Waals surface area (Å²) in [5.41, 5.74) is 0.506. The van der Waals surface area contributed by atoms with E-state index in [4.69, 9.17) is 0 Å². The third-order valence-electron chi connectivity index (χ3n) is 2.37. The van der Waals surface area contributed by atoms with Gasteiger partial charge in [-0.25, -0.2) is 4.68 Å². The molecule has 6 heteroatoms. The summed E-state index contributed by atoms with van der Waals surface area (Å²) in [6.45, 7) is 5.64. The minimum absolute atomic E-state index is 0.0674. The highest BCUT2D eigenvalue weighted by Gasteiger charge is 2.24. The molecule has 0 aromatic carbocycles. The maximum atomic E-state index is 10.8. The smallest absolute Gasteiger partial charge is 0.333 e. The summed E-state index contributed by atoms with van der Waals surface area (Å²) < 4.78 is 1.51. The van der Waals surface area contributed by atoms with Gasteiger partial charge in [0.2, 0.25) is 5.82 Å². The molecule has 1 aromatic rings. The molecule has 0 saturated carbocycles. The van der Waals surface area contributed by atoms with Gasteiger partial charge in [-0.1, -0.05) is 6.92 Å². The molecular weight excluding hydrogens is 196 g/mol. The molecule has 0 saturated heterocycles. The number of nitrogens with one attached hydrogen (secondary N) is 1. The maximum Gasteiger partial charge on any atom is 0.333 e. The van der Waals surface area contributed by atoms with Crippen molar-refractivity contribution in [3.63, 3.8) is 0 Å². The van der Waals surface area contributed by atoms with E-state index in [1.54, 1.807) is 14.0 Å². The van der Waals surface area contributed by atoms with Crippen molar-refractivity contribution in [1.82, 2.24) is 9.78 Å². The zero-order valence-electron chi connectivity index (χ0n) is 9.44. The number of anilines is 1. The average Bonchev–Trinajstić information content (AvgIpc) is 2.41. The van der Waals surface area contributed by atoms with E-state index < -0.39 is 4.92 Å². The van der Waals surface area contributed by atoms with Gasteiger partial charge in [-0.05, 0) is 20.3 Å². The number of hydrogen-bond donors (Lipinski definition) is 1. The Labute approximate surface area is 88.4 Å². The Kier molecular flexibility index (Phi) is 3.28. The van der Waals surface area contributed by atoms with E-state index in [9.17, 15) is 10.1 Å². The van der Waals surface area contributed by atoms with Crippen molar-refractivity contribution in [2.24, 2.45) is 7.05 Å². The molecule has 1 unspecified atom stereocenters. The summed E-state index contributed by atoms with van der Waals surface area (Å²) in [7, 11) is 1.70. The zero-order chi connectivity index (χ0) is 11.6. The first kappa shape index (κ1) is 11.5. The van der Waals surface area contributed by atoms with Crippen LogP contribution in [0.5, 0.6) is 0 Å². The van der Waals surface area contributed by atoms with Gasteiger partial charge in [-0.2, -0.15) is 5.10 Å². The van der Waals surface area contributed by atoms with Gasteiger partial charge in [0, 0.05) is 13.1 Å².